The van der Waals surface area contributed by atoms with Gasteiger partial charge in [0.25, 0.3) is 10.0 Å². The third-order valence-electron chi connectivity index (χ3n) is 4.42. The number of carbonyl (C=O) groups is 1. The average Bonchev–Trinajstić information content (AvgIpc) is 2.70. The van der Waals surface area contributed by atoms with E-state index >= 15 is 0 Å². The van der Waals surface area contributed by atoms with Crippen molar-refractivity contribution >= 4 is 50.5 Å². The van der Waals surface area contributed by atoms with Crippen molar-refractivity contribution in [3.63, 3.8) is 0 Å². The van der Waals surface area contributed by atoms with Crippen LogP contribution in [0.3, 0.4) is 0 Å². The van der Waals surface area contributed by atoms with Gasteiger partial charge in [-0.25, -0.2) is 8.42 Å². The van der Waals surface area contributed by atoms with Gasteiger partial charge in [0.1, 0.15) is 6.54 Å². The summed E-state index contributed by atoms with van der Waals surface area (Å²) in [4.78, 5) is 12.8. The molecule has 30 heavy (non-hydrogen) atoms. The number of carbonyl (C=O) groups excluding carboxylic acids is 1. The Balaban J connectivity index is 1.95. The minimum Gasteiger partial charge on any atom is -0.323 e. The van der Waals surface area contributed by atoms with E-state index in [-0.39, 0.29) is 4.90 Å². The van der Waals surface area contributed by atoms with E-state index in [9.17, 15) is 13.2 Å². The summed E-state index contributed by atoms with van der Waals surface area (Å²) in [6, 6.07) is 18.1. The summed E-state index contributed by atoms with van der Waals surface area (Å²) < 4.78 is 27.7. The fraction of sp³-hybridized carbons (Fsp3) is 0.136. The first-order chi connectivity index (χ1) is 14.2. The molecule has 0 aliphatic rings. The number of aryl methyl sites for hydroxylation is 2. The first-order valence-corrected chi connectivity index (χ1v) is 11.3. The second kappa shape index (κ2) is 9.08. The van der Waals surface area contributed by atoms with Gasteiger partial charge >= 0.3 is 0 Å². The van der Waals surface area contributed by atoms with Crippen LogP contribution in [0.5, 0.6) is 0 Å². The van der Waals surface area contributed by atoms with Crippen LogP contribution in [-0.4, -0.2) is 20.9 Å². The lowest BCUT2D eigenvalue weighted by molar-refractivity contribution is -0.114. The maximum Gasteiger partial charge on any atom is 0.264 e. The number of amides is 1. The first kappa shape index (κ1) is 22.2. The summed E-state index contributed by atoms with van der Waals surface area (Å²) in [6.45, 7) is 3.34. The smallest absolute Gasteiger partial charge is 0.264 e. The fourth-order valence-corrected chi connectivity index (χ4v) is 4.53. The van der Waals surface area contributed by atoms with Crippen LogP contribution < -0.4 is 9.62 Å². The molecule has 0 spiro atoms. The highest BCUT2D eigenvalue weighted by Crippen LogP contribution is 2.27. The normalized spacial score (nSPS) is 11.2. The van der Waals surface area contributed by atoms with Crippen molar-refractivity contribution in [1.82, 2.24) is 0 Å². The number of halogens is 2. The van der Waals surface area contributed by atoms with Crippen LogP contribution in [0.4, 0.5) is 11.4 Å². The van der Waals surface area contributed by atoms with Gasteiger partial charge in [0.2, 0.25) is 5.91 Å². The van der Waals surface area contributed by atoms with Crippen LogP contribution in [-0.2, 0) is 14.8 Å². The molecule has 0 aliphatic heterocycles. The number of hydrogen-bond donors (Lipinski definition) is 1. The highest BCUT2D eigenvalue weighted by Gasteiger charge is 2.27. The SMILES string of the molecule is Cc1ccc(N(CC(=O)Nc2cc(Cl)ccc2Cl)S(=O)(=O)c2ccc(C)cc2)cc1. The van der Waals surface area contributed by atoms with Crippen molar-refractivity contribution < 1.29 is 13.2 Å². The maximum atomic E-state index is 13.3. The molecule has 0 radical (unpaired) electrons. The van der Waals surface area contributed by atoms with Crippen molar-refractivity contribution in [1.29, 1.82) is 0 Å². The third kappa shape index (κ3) is 5.14. The molecule has 0 saturated heterocycles. The summed E-state index contributed by atoms with van der Waals surface area (Å²) >= 11 is 12.1. The molecule has 0 saturated carbocycles. The van der Waals surface area contributed by atoms with Gasteiger partial charge in [-0.15, -0.1) is 0 Å². The Kier molecular flexibility index (Phi) is 6.71. The molecule has 5 nitrogen and oxygen atoms in total. The Bertz CT molecular complexity index is 1160. The predicted octanol–water partition coefficient (Wildman–Crippen LogP) is 5.44. The highest BCUT2D eigenvalue weighted by molar-refractivity contribution is 7.92. The molecule has 0 fully saturated rings. The molecule has 0 unspecified atom stereocenters. The lowest BCUT2D eigenvalue weighted by Gasteiger charge is -2.24. The van der Waals surface area contributed by atoms with Crippen LogP contribution in [0.1, 0.15) is 11.1 Å². The quantitative estimate of drug-likeness (QED) is 0.529. The Labute approximate surface area is 186 Å². The average molecular weight is 463 g/mol. The zero-order valence-electron chi connectivity index (χ0n) is 16.4. The number of hydrogen-bond acceptors (Lipinski definition) is 3. The number of benzene rings is 3. The van der Waals surface area contributed by atoms with E-state index in [1.165, 1.54) is 18.2 Å². The van der Waals surface area contributed by atoms with Crippen LogP contribution in [0.25, 0.3) is 0 Å². The zero-order chi connectivity index (χ0) is 21.9. The van der Waals surface area contributed by atoms with Crippen LogP contribution in [0.2, 0.25) is 10.0 Å². The van der Waals surface area contributed by atoms with Crippen molar-refractivity contribution in [3.8, 4) is 0 Å². The molecule has 3 aromatic carbocycles. The van der Waals surface area contributed by atoms with Crippen molar-refractivity contribution in [2.75, 3.05) is 16.2 Å². The Morgan fingerprint density at radius 3 is 2.07 bits per heavy atom. The van der Waals surface area contributed by atoms with Crippen LogP contribution >= 0.6 is 23.2 Å². The minimum atomic E-state index is -3.98. The van der Waals surface area contributed by atoms with E-state index in [4.69, 9.17) is 23.2 Å². The van der Waals surface area contributed by atoms with E-state index in [1.54, 1.807) is 48.5 Å². The summed E-state index contributed by atoms with van der Waals surface area (Å²) in [7, 11) is -3.98. The lowest BCUT2D eigenvalue weighted by atomic mass is 10.2. The van der Waals surface area contributed by atoms with Crippen molar-refractivity contribution in [2.45, 2.75) is 18.7 Å². The molecular weight excluding hydrogens is 443 g/mol. The number of rotatable bonds is 6. The number of nitrogens with zero attached hydrogens (tertiary/aromatic N) is 1. The van der Waals surface area contributed by atoms with Gasteiger partial charge in [0.15, 0.2) is 0 Å². The molecule has 1 N–H and O–H groups in total. The predicted molar refractivity (Wildman–Crippen MR) is 122 cm³/mol. The Morgan fingerprint density at radius 1 is 0.900 bits per heavy atom. The number of anilines is 2. The Hall–Kier alpha value is -2.54. The molecule has 3 rings (SSSR count). The molecule has 0 bridgehead atoms. The van der Waals surface area contributed by atoms with Gasteiger partial charge in [-0.3, -0.25) is 9.10 Å². The van der Waals surface area contributed by atoms with E-state index in [0.717, 1.165) is 15.4 Å². The van der Waals surface area contributed by atoms with E-state index in [1.807, 2.05) is 13.8 Å². The van der Waals surface area contributed by atoms with E-state index < -0.39 is 22.5 Å². The molecular formula is C22H20Cl2N2O3S. The molecule has 0 atom stereocenters. The van der Waals surface area contributed by atoms with Gasteiger partial charge in [-0.05, 0) is 56.3 Å². The van der Waals surface area contributed by atoms with Gasteiger partial charge < -0.3 is 5.32 Å². The molecule has 0 heterocycles. The Morgan fingerprint density at radius 2 is 1.47 bits per heavy atom. The maximum absolute atomic E-state index is 13.3. The lowest BCUT2D eigenvalue weighted by Crippen LogP contribution is -2.38. The topological polar surface area (TPSA) is 66.5 Å². The minimum absolute atomic E-state index is 0.0993. The third-order valence-corrected chi connectivity index (χ3v) is 6.77. The monoisotopic (exact) mass is 462 g/mol. The van der Waals surface area contributed by atoms with Gasteiger partial charge in [-0.2, -0.15) is 0 Å². The molecule has 1 amide bonds. The summed E-state index contributed by atoms with van der Waals surface area (Å²) in [6.07, 6.45) is 0. The van der Waals surface area contributed by atoms with Gasteiger partial charge in [0, 0.05) is 5.02 Å². The second-order valence-electron chi connectivity index (χ2n) is 6.83. The zero-order valence-corrected chi connectivity index (χ0v) is 18.7. The standard InChI is InChI=1S/C22H20Cl2N2O3S/c1-15-3-8-18(9-4-15)26(30(28,29)19-10-5-16(2)6-11-19)14-22(27)25-21-13-17(23)7-12-20(21)24/h3-13H,14H2,1-2H3,(H,25,27). The molecule has 3 aromatic rings. The summed E-state index contributed by atoms with van der Waals surface area (Å²) in [5.74, 6) is -0.546. The van der Waals surface area contributed by atoms with Crippen molar-refractivity contribution in [2.24, 2.45) is 0 Å². The largest absolute Gasteiger partial charge is 0.323 e. The second-order valence-corrected chi connectivity index (χ2v) is 9.54. The van der Waals surface area contributed by atoms with Gasteiger partial charge in [-0.1, -0.05) is 58.6 Å². The van der Waals surface area contributed by atoms with Crippen LogP contribution in [0, 0.1) is 13.8 Å². The molecule has 0 aliphatic carbocycles. The summed E-state index contributed by atoms with van der Waals surface area (Å²) in [5.41, 5.74) is 2.60. The van der Waals surface area contributed by atoms with Crippen LogP contribution in [0.15, 0.2) is 71.6 Å². The highest BCUT2D eigenvalue weighted by atomic mass is 35.5. The van der Waals surface area contributed by atoms with E-state index in [2.05, 4.69) is 5.32 Å². The number of sulfonamides is 1. The molecule has 8 heteroatoms. The number of nitrogens with one attached hydrogen (secondary N) is 1. The van der Waals surface area contributed by atoms with E-state index in [0.29, 0.717) is 21.4 Å². The van der Waals surface area contributed by atoms with Crippen molar-refractivity contribution in [3.05, 3.63) is 87.9 Å². The first-order valence-electron chi connectivity index (χ1n) is 9.08. The van der Waals surface area contributed by atoms with Gasteiger partial charge in [0.05, 0.1) is 21.3 Å². The molecule has 0 aromatic heterocycles. The summed E-state index contributed by atoms with van der Waals surface area (Å²) in [5, 5.41) is 3.34. The molecule has 156 valence electrons. The fourth-order valence-electron chi connectivity index (χ4n) is 2.78.